The fourth-order valence-electron chi connectivity index (χ4n) is 5.38. The molecular formula is C28H26F4N4O. The molecule has 9 heteroatoms. The van der Waals surface area contributed by atoms with Gasteiger partial charge in [-0.25, -0.2) is 22.5 Å². The van der Waals surface area contributed by atoms with E-state index in [2.05, 4.69) is 15.0 Å². The lowest BCUT2D eigenvalue weighted by Gasteiger charge is -2.29. The van der Waals surface area contributed by atoms with Gasteiger partial charge in [-0.15, -0.1) is 0 Å². The highest BCUT2D eigenvalue weighted by molar-refractivity contribution is 5.71. The first-order valence-electron chi connectivity index (χ1n) is 12.3. The molecule has 1 aromatic carbocycles. The molecular weight excluding hydrogens is 484 g/mol. The van der Waals surface area contributed by atoms with E-state index in [0.29, 0.717) is 48.1 Å². The molecule has 3 aromatic heterocycles. The first-order valence-corrected chi connectivity index (χ1v) is 12.3. The van der Waals surface area contributed by atoms with Crippen LogP contribution in [0.3, 0.4) is 0 Å². The molecule has 1 aliphatic rings. The predicted molar refractivity (Wildman–Crippen MR) is 132 cm³/mol. The zero-order valence-electron chi connectivity index (χ0n) is 20.5. The number of nitrogens with zero attached hydrogens (tertiary/aromatic N) is 4. The lowest BCUT2D eigenvalue weighted by Crippen LogP contribution is -2.29. The fraction of sp³-hybridized carbons (Fsp3) is 0.357. The molecule has 192 valence electrons. The normalized spacial score (nSPS) is 18.3. The SMILES string of the molecule is Cc1cnc2cc(C3CCC(c4c(F)cccc4F)CC3)c(=O)n(Cc3ncccc3C(C)(F)F)c2n1. The zero-order chi connectivity index (χ0) is 26.3. The van der Waals surface area contributed by atoms with Crippen LogP contribution in [-0.2, 0) is 12.5 Å². The van der Waals surface area contributed by atoms with E-state index >= 15 is 0 Å². The van der Waals surface area contributed by atoms with E-state index in [9.17, 15) is 22.4 Å². The topological polar surface area (TPSA) is 60.7 Å². The van der Waals surface area contributed by atoms with Gasteiger partial charge in [-0.05, 0) is 74.8 Å². The summed E-state index contributed by atoms with van der Waals surface area (Å²) < 4.78 is 58.6. The number of aryl methyl sites for hydroxylation is 1. The predicted octanol–water partition coefficient (Wildman–Crippen LogP) is 6.37. The van der Waals surface area contributed by atoms with Gasteiger partial charge in [0, 0.05) is 36.0 Å². The molecule has 0 atom stereocenters. The Morgan fingerprint density at radius 3 is 2.35 bits per heavy atom. The Balaban J connectivity index is 1.53. The molecule has 3 heterocycles. The van der Waals surface area contributed by atoms with Crippen LogP contribution in [-0.4, -0.2) is 19.5 Å². The summed E-state index contributed by atoms with van der Waals surface area (Å²) in [6, 6.07) is 8.33. The van der Waals surface area contributed by atoms with Crippen LogP contribution in [0.2, 0.25) is 0 Å². The number of rotatable bonds is 5. The van der Waals surface area contributed by atoms with Gasteiger partial charge in [0.05, 0.1) is 17.9 Å². The van der Waals surface area contributed by atoms with Crippen LogP contribution in [0.4, 0.5) is 17.6 Å². The van der Waals surface area contributed by atoms with Gasteiger partial charge in [0.15, 0.2) is 5.65 Å². The summed E-state index contributed by atoms with van der Waals surface area (Å²) in [5.74, 6) is -4.68. The molecule has 0 spiro atoms. The highest BCUT2D eigenvalue weighted by Crippen LogP contribution is 2.41. The van der Waals surface area contributed by atoms with Crippen molar-refractivity contribution in [1.82, 2.24) is 19.5 Å². The van der Waals surface area contributed by atoms with Crippen molar-refractivity contribution in [2.75, 3.05) is 0 Å². The Morgan fingerprint density at radius 1 is 1.00 bits per heavy atom. The van der Waals surface area contributed by atoms with Crippen LogP contribution in [0.5, 0.6) is 0 Å². The van der Waals surface area contributed by atoms with Gasteiger partial charge in [-0.2, -0.15) is 0 Å². The molecule has 4 aromatic rings. The van der Waals surface area contributed by atoms with Gasteiger partial charge in [-0.3, -0.25) is 19.3 Å². The average Bonchev–Trinajstić information content (AvgIpc) is 2.86. The van der Waals surface area contributed by atoms with Crippen LogP contribution in [0, 0.1) is 18.6 Å². The summed E-state index contributed by atoms with van der Waals surface area (Å²) in [5.41, 5.74) is 1.44. The maximum Gasteiger partial charge on any atom is 0.272 e. The molecule has 0 amide bonds. The van der Waals surface area contributed by atoms with E-state index in [1.807, 2.05) is 0 Å². The van der Waals surface area contributed by atoms with Crippen molar-refractivity contribution in [2.45, 2.75) is 63.8 Å². The van der Waals surface area contributed by atoms with Gasteiger partial charge in [0.25, 0.3) is 11.5 Å². The molecule has 0 saturated heterocycles. The van der Waals surface area contributed by atoms with Crippen LogP contribution in [0.1, 0.15) is 72.5 Å². The van der Waals surface area contributed by atoms with Gasteiger partial charge in [0.1, 0.15) is 17.2 Å². The van der Waals surface area contributed by atoms with Crippen molar-refractivity contribution in [1.29, 1.82) is 0 Å². The second kappa shape index (κ2) is 9.68. The summed E-state index contributed by atoms with van der Waals surface area (Å²) >= 11 is 0. The third-order valence-corrected chi connectivity index (χ3v) is 7.19. The minimum atomic E-state index is -3.14. The number of alkyl halides is 2. The van der Waals surface area contributed by atoms with E-state index in [1.165, 1.54) is 41.1 Å². The number of pyridine rings is 2. The van der Waals surface area contributed by atoms with Crippen LogP contribution in [0.15, 0.2) is 53.6 Å². The molecule has 0 N–H and O–H groups in total. The molecule has 0 unspecified atom stereocenters. The summed E-state index contributed by atoms with van der Waals surface area (Å²) in [6.45, 7) is 2.35. The molecule has 1 aliphatic carbocycles. The molecule has 1 fully saturated rings. The highest BCUT2D eigenvalue weighted by Gasteiger charge is 2.31. The quantitative estimate of drug-likeness (QED) is 0.293. The molecule has 1 saturated carbocycles. The van der Waals surface area contributed by atoms with E-state index in [0.717, 1.165) is 6.92 Å². The minimum absolute atomic E-state index is 0.0811. The van der Waals surface area contributed by atoms with Gasteiger partial charge < -0.3 is 0 Å². The maximum absolute atomic E-state index is 14.3. The Kier molecular flexibility index (Phi) is 6.56. The van der Waals surface area contributed by atoms with Crippen molar-refractivity contribution in [3.05, 3.63) is 98.9 Å². The molecule has 0 bridgehead atoms. The summed E-state index contributed by atoms with van der Waals surface area (Å²) in [7, 11) is 0. The number of hydrogen-bond acceptors (Lipinski definition) is 4. The van der Waals surface area contributed by atoms with Crippen molar-refractivity contribution < 1.29 is 17.6 Å². The van der Waals surface area contributed by atoms with E-state index in [-0.39, 0.29) is 40.8 Å². The van der Waals surface area contributed by atoms with Gasteiger partial charge in [0.2, 0.25) is 0 Å². The van der Waals surface area contributed by atoms with Crippen molar-refractivity contribution in [3.8, 4) is 0 Å². The molecule has 0 aliphatic heterocycles. The van der Waals surface area contributed by atoms with Crippen molar-refractivity contribution >= 4 is 11.2 Å². The lowest BCUT2D eigenvalue weighted by atomic mass is 9.76. The largest absolute Gasteiger partial charge is 0.285 e. The lowest BCUT2D eigenvalue weighted by molar-refractivity contribution is 0.0160. The van der Waals surface area contributed by atoms with Crippen LogP contribution < -0.4 is 5.56 Å². The fourth-order valence-corrected chi connectivity index (χ4v) is 5.38. The molecule has 37 heavy (non-hydrogen) atoms. The van der Waals surface area contributed by atoms with E-state index in [4.69, 9.17) is 0 Å². The van der Waals surface area contributed by atoms with Gasteiger partial charge in [-0.1, -0.05) is 6.07 Å². The molecule has 5 rings (SSSR count). The van der Waals surface area contributed by atoms with Crippen molar-refractivity contribution in [3.63, 3.8) is 0 Å². The van der Waals surface area contributed by atoms with Crippen LogP contribution in [0.25, 0.3) is 11.2 Å². The number of aromatic nitrogens is 4. The van der Waals surface area contributed by atoms with Crippen LogP contribution >= 0.6 is 0 Å². The number of hydrogen-bond donors (Lipinski definition) is 0. The smallest absolute Gasteiger partial charge is 0.272 e. The Bertz CT molecular complexity index is 1500. The van der Waals surface area contributed by atoms with Gasteiger partial charge >= 0.3 is 0 Å². The number of halogens is 4. The van der Waals surface area contributed by atoms with E-state index in [1.54, 1.807) is 19.2 Å². The maximum atomic E-state index is 14.3. The monoisotopic (exact) mass is 510 g/mol. The molecule has 0 radical (unpaired) electrons. The van der Waals surface area contributed by atoms with Crippen molar-refractivity contribution in [2.24, 2.45) is 0 Å². The molecule has 5 nitrogen and oxygen atoms in total. The summed E-state index contributed by atoms with van der Waals surface area (Å²) in [5, 5.41) is 0. The number of benzene rings is 1. The highest BCUT2D eigenvalue weighted by atomic mass is 19.3. The summed E-state index contributed by atoms with van der Waals surface area (Å²) in [6.07, 6.45) is 5.16. The number of fused-ring (bicyclic) bond motifs is 1. The first kappa shape index (κ1) is 25.0. The second-order valence-electron chi connectivity index (χ2n) is 9.78. The average molecular weight is 511 g/mol. The second-order valence-corrected chi connectivity index (χ2v) is 9.78. The summed E-state index contributed by atoms with van der Waals surface area (Å²) in [4.78, 5) is 26.9. The minimum Gasteiger partial charge on any atom is -0.285 e. The standard InChI is InChI=1S/C28H26F4N4O/c1-16-14-34-23-13-19(17-8-10-18(11-9-17)25-21(29)6-3-7-22(25)30)27(37)36(26(23)35-16)15-24-20(28(2,31)32)5-4-12-33-24/h3-7,12-14,17-18H,8-11,15H2,1-2H3. The third kappa shape index (κ3) is 4.86. The Labute approximate surface area is 211 Å². The van der Waals surface area contributed by atoms with E-state index < -0.39 is 17.6 Å². The zero-order valence-corrected chi connectivity index (χ0v) is 20.5. The Hall–Kier alpha value is -3.62. The first-order chi connectivity index (χ1) is 17.6. The third-order valence-electron chi connectivity index (χ3n) is 7.19. The Morgan fingerprint density at radius 2 is 1.68 bits per heavy atom.